The fourth-order valence-electron chi connectivity index (χ4n) is 4.26. The van der Waals surface area contributed by atoms with Crippen LogP contribution in [0.5, 0.6) is 5.75 Å². The zero-order chi connectivity index (χ0) is 23.9. The van der Waals surface area contributed by atoms with Crippen LogP contribution in [-0.4, -0.2) is 23.8 Å². The number of methoxy groups -OCH3 is 1. The number of hydrogen-bond donors (Lipinski definition) is 1. The maximum absolute atomic E-state index is 12.3. The van der Waals surface area contributed by atoms with Crippen LogP contribution in [-0.2, 0) is 17.8 Å². The average Bonchev–Trinajstić information content (AvgIpc) is 3.17. The molecule has 4 aromatic rings. The molecule has 0 saturated heterocycles. The minimum Gasteiger partial charge on any atom is -0.497 e. The molecule has 174 valence electrons. The monoisotopic (exact) mass is 453 g/mol. The van der Waals surface area contributed by atoms with Crippen LogP contribution < -0.4 is 10.2 Å². The summed E-state index contributed by atoms with van der Waals surface area (Å²) < 4.78 is 7.48. The Morgan fingerprint density at radius 2 is 1.91 bits per heavy atom. The van der Waals surface area contributed by atoms with E-state index in [1.807, 2.05) is 24.3 Å². The molecule has 1 heterocycles. The van der Waals surface area contributed by atoms with E-state index < -0.39 is 0 Å². The number of ether oxygens (including phenoxy) is 1. The highest BCUT2D eigenvalue weighted by atomic mass is 16.5. The van der Waals surface area contributed by atoms with Crippen molar-refractivity contribution >= 4 is 23.0 Å². The molecule has 0 fully saturated rings. The fourth-order valence-corrected chi connectivity index (χ4v) is 4.26. The molecule has 0 atom stereocenters. The van der Waals surface area contributed by atoms with E-state index in [-0.39, 0.29) is 5.91 Å². The normalized spacial score (nSPS) is 11.3. The van der Waals surface area contributed by atoms with E-state index in [0.717, 1.165) is 41.6 Å². The molecule has 5 heteroatoms. The van der Waals surface area contributed by atoms with Crippen LogP contribution in [0.2, 0.25) is 0 Å². The van der Waals surface area contributed by atoms with Crippen molar-refractivity contribution in [1.82, 2.24) is 9.99 Å². The summed E-state index contributed by atoms with van der Waals surface area (Å²) in [6.45, 7) is 4.96. The molecule has 0 unspecified atom stereocenters. The lowest BCUT2D eigenvalue weighted by molar-refractivity contribution is -0.121. The van der Waals surface area contributed by atoms with Crippen LogP contribution >= 0.6 is 0 Å². The number of fused-ring (bicyclic) bond motifs is 1. The molecular weight excluding hydrogens is 422 g/mol. The lowest BCUT2D eigenvalue weighted by atomic mass is 10.0. The summed E-state index contributed by atoms with van der Waals surface area (Å²) in [5.74, 6) is 0.777. The van der Waals surface area contributed by atoms with Crippen LogP contribution in [0.3, 0.4) is 0 Å². The third-order valence-electron chi connectivity index (χ3n) is 6.05. The Kier molecular flexibility index (Phi) is 7.43. The van der Waals surface area contributed by atoms with E-state index in [4.69, 9.17) is 4.74 Å². The van der Waals surface area contributed by atoms with E-state index in [0.29, 0.717) is 6.42 Å². The molecule has 0 radical (unpaired) electrons. The van der Waals surface area contributed by atoms with Gasteiger partial charge in [-0.05, 0) is 61.6 Å². The smallest absolute Gasteiger partial charge is 0.240 e. The van der Waals surface area contributed by atoms with E-state index in [1.165, 1.54) is 22.3 Å². The molecule has 0 bridgehead atoms. The predicted molar refractivity (Wildman–Crippen MR) is 139 cm³/mol. The zero-order valence-corrected chi connectivity index (χ0v) is 20.0. The molecule has 0 aliphatic carbocycles. The largest absolute Gasteiger partial charge is 0.497 e. The summed E-state index contributed by atoms with van der Waals surface area (Å²) in [4.78, 5) is 12.3. The van der Waals surface area contributed by atoms with Crippen LogP contribution in [0.1, 0.15) is 40.7 Å². The first-order valence-electron chi connectivity index (χ1n) is 11.6. The van der Waals surface area contributed by atoms with E-state index in [2.05, 4.69) is 77.6 Å². The van der Waals surface area contributed by atoms with Gasteiger partial charge >= 0.3 is 0 Å². The van der Waals surface area contributed by atoms with Crippen molar-refractivity contribution in [3.05, 3.63) is 101 Å². The lowest BCUT2D eigenvalue weighted by Gasteiger charge is -2.07. The van der Waals surface area contributed by atoms with Crippen molar-refractivity contribution in [2.45, 2.75) is 39.7 Å². The Morgan fingerprint density at radius 3 is 2.71 bits per heavy atom. The van der Waals surface area contributed by atoms with Gasteiger partial charge in [0.05, 0.1) is 13.3 Å². The SMILES string of the molecule is COc1ccc(CCCC(=O)N/N=C\c2cn(Cc3cccc(C)c3)c3ccccc23)c(C)c1. The van der Waals surface area contributed by atoms with Gasteiger partial charge in [-0.2, -0.15) is 5.10 Å². The number of hydrazone groups is 1. The summed E-state index contributed by atoms with van der Waals surface area (Å²) in [6.07, 6.45) is 5.87. The van der Waals surface area contributed by atoms with Gasteiger partial charge in [0.25, 0.3) is 0 Å². The summed E-state index contributed by atoms with van der Waals surface area (Å²) in [7, 11) is 1.67. The van der Waals surface area contributed by atoms with Gasteiger partial charge in [0, 0.05) is 35.6 Å². The Balaban J connectivity index is 1.36. The summed E-state index contributed by atoms with van der Waals surface area (Å²) in [5.41, 5.74) is 9.73. The zero-order valence-electron chi connectivity index (χ0n) is 20.0. The topological polar surface area (TPSA) is 55.6 Å². The van der Waals surface area contributed by atoms with Gasteiger partial charge in [0.2, 0.25) is 5.91 Å². The third kappa shape index (κ3) is 5.73. The molecule has 34 heavy (non-hydrogen) atoms. The number of hydrogen-bond acceptors (Lipinski definition) is 3. The van der Waals surface area contributed by atoms with Crippen LogP contribution in [0, 0.1) is 13.8 Å². The molecule has 0 spiro atoms. The summed E-state index contributed by atoms with van der Waals surface area (Å²) >= 11 is 0. The van der Waals surface area contributed by atoms with Crippen molar-refractivity contribution in [1.29, 1.82) is 0 Å². The maximum atomic E-state index is 12.3. The fraction of sp³-hybridized carbons (Fsp3) is 0.241. The molecule has 1 N–H and O–H groups in total. The van der Waals surface area contributed by atoms with Crippen molar-refractivity contribution in [3.8, 4) is 5.75 Å². The van der Waals surface area contributed by atoms with Crippen LogP contribution in [0.4, 0.5) is 0 Å². The Bertz CT molecular complexity index is 1320. The summed E-state index contributed by atoms with van der Waals surface area (Å²) in [6, 6.07) is 22.9. The number of nitrogens with one attached hydrogen (secondary N) is 1. The Morgan fingerprint density at radius 1 is 1.06 bits per heavy atom. The highest BCUT2D eigenvalue weighted by Gasteiger charge is 2.08. The predicted octanol–water partition coefficient (Wildman–Crippen LogP) is 5.79. The first-order chi connectivity index (χ1) is 16.5. The number of benzene rings is 3. The first-order valence-corrected chi connectivity index (χ1v) is 11.6. The van der Waals surface area contributed by atoms with Crippen LogP contribution in [0.15, 0.2) is 78.0 Å². The number of nitrogens with zero attached hydrogens (tertiary/aromatic N) is 2. The molecule has 1 aromatic heterocycles. The van der Waals surface area contributed by atoms with Crippen molar-refractivity contribution in [2.75, 3.05) is 7.11 Å². The first kappa shape index (κ1) is 23.3. The lowest BCUT2D eigenvalue weighted by Crippen LogP contribution is -2.17. The van der Waals surface area contributed by atoms with Gasteiger partial charge in [0.15, 0.2) is 0 Å². The van der Waals surface area contributed by atoms with Crippen LogP contribution in [0.25, 0.3) is 10.9 Å². The number of amides is 1. The van der Waals surface area contributed by atoms with E-state index >= 15 is 0 Å². The van der Waals surface area contributed by atoms with E-state index in [1.54, 1.807) is 13.3 Å². The number of carbonyl (C=O) groups is 1. The standard InChI is InChI=1S/C29H31N3O2/c1-21-8-6-9-23(16-21)19-32-20-25(27-11-4-5-12-28(27)32)18-30-31-29(33)13-7-10-24-14-15-26(34-3)17-22(24)2/h4-6,8-9,11-12,14-18,20H,7,10,13,19H2,1-3H3,(H,31,33)/b30-18-. The highest BCUT2D eigenvalue weighted by Crippen LogP contribution is 2.22. The number of para-hydroxylation sites is 1. The van der Waals surface area contributed by atoms with Gasteiger partial charge in [-0.3, -0.25) is 4.79 Å². The van der Waals surface area contributed by atoms with Gasteiger partial charge in [-0.25, -0.2) is 5.43 Å². The number of carbonyl (C=O) groups excluding carboxylic acids is 1. The van der Waals surface area contributed by atoms with Gasteiger partial charge < -0.3 is 9.30 Å². The number of aryl methyl sites for hydroxylation is 3. The van der Waals surface area contributed by atoms with Crippen molar-refractivity contribution in [2.24, 2.45) is 5.10 Å². The summed E-state index contributed by atoms with van der Waals surface area (Å²) in [5, 5.41) is 5.35. The average molecular weight is 454 g/mol. The Labute approximate surface area is 201 Å². The molecule has 0 aliphatic heterocycles. The molecule has 1 amide bonds. The maximum Gasteiger partial charge on any atom is 0.240 e. The highest BCUT2D eigenvalue weighted by molar-refractivity contribution is 5.99. The number of aromatic nitrogens is 1. The molecule has 3 aromatic carbocycles. The molecule has 0 saturated carbocycles. The Hall–Kier alpha value is -3.86. The minimum absolute atomic E-state index is 0.0779. The van der Waals surface area contributed by atoms with Gasteiger partial charge in [-0.1, -0.05) is 54.1 Å². The molecule has 0 aliphatic rings. The molecule has 4 rings (SSSR count). The third-order valence-corrected chi connectivity index (χ3v) is 6.05. The second-order valence-corrected chi connectivity index (χ2v) is 8.66. The second-order valence-electron chi connectivity index (χ2n) is 8.66. The van der Waals surface area contributed by atoms with Crippen molar-refractivity contribution < 1.29 is 9.53 Å². The molecule has 5 nitrogen and oxygen atoms in total. The second kappa shape index (κ2) is 10.8. The molecular formula is C29H31N3O2. The number of rotatable bonds is 9. The van der Waals surface area contributed by atoms with Crippen molar-refractivity contribution in [3.63, 3.8) is 0 Å². The van der Waals surface area contributed by atoms with E-state index in [9.17, 15) is 4.79 Å². The quantitative estimate of drug-likeness (QED) is 0.258. The van der Waals surface area contributed by atoms with Gasteiger partial charge in [0.1, 0.15) is 5.75 Å². The van der Waals surface area contributed by atoms with Gasteiger partial charge in [-0.15, -0.1) is 0 Å². The minimum atomic E-state index is -0.0779.